The molecule has 0 bridgehead atoms. The summed E-state index contributed by atoms with van der Waals surface area (Å²) in [6, 6.07) is 1.76. The number of ether oxygens (including phenoxy) is 1. The maximum atomic E-state index is 12.2. The molecule has 112 valence electrons. The van der Waals surface area contributed by atoms with E-state index < -0.39 is 0 Å². The average molecular weight is 288 g/mol. The lowest BCUT2D eigenvalue weighted by atomic mass is 10.0. The Morgan fingerprint density at radius 3 is 3.14 bits per heavy atom. The van der Waals surface area contributed by atoms with Crippen molar-refractivity contribution in [1.29, 1.82) is 0 Å². The van der Waals surface area contributed by atoms with Crippen LogP contribution in [0.25, 0.3) is 5.52 Å². The largest absolute Gasteiger partial charge is 0.464 e. The zero-order chi connectivity index (χ0) is 14.8. The Bertz CT molecular complexity index is 652. The van der Waals surface area contributed by atoms with Gasteiger partial charge in [-0.25, -0.2) is 14.3 Å². The number of hydrogen-bond acceptors (Lipinski definition) is 5. The first-order chi connectivity index (χ1) is 10.2. The summed E-state index contributed by atoms with van der Waals surface area (Å²) < 4.78 is 7.03. The Labute approximate surface area is 123 Å². The molecule has 0 spiro atoms. The van der Waals surface area contributed by atoms with Gasteiger partial charge in [-0.2, -0.15) is 5.10 Å². The van der Waals surface area contributed by atoms with E-state index >= 15 is 0 Å². The van der Waals surface area contributed by atoms with Crippen molar-refractivity contribution in [3.8, 4) is 0 Å². The van der Waals surface area contributed by atoms with Gasteiger partial charge in [0.1, 0.15) is 11.6 Å². The van der Waals surface area contributed by atoms with Crippen LogP contribution < -0.4 is 4.90 Å². The molecule has 0 aliphatic carbocycles. The second-order valence-corrected chi connectivity index (χ2v) is 5.32. The average Bonchev–Trinajstić information content (AvgIpc) is 2.87. The molecule has 3 rings (SSSR count). The van der Waals surface area contributed by atoms with Gasteiger partial charge in [0.05, 0.1) is 12.3 Å². The molecule has 0 aromatic carbocycles. The third-order valence-corrected chi connectivity index (χ3v) is 3.83. The van der Waals surface area contributed by atoms with Crippen LogP contribution in [0.2, 0.25) is 0 Å². The Balaban J connectivity index is 2.00. The summed E-state index contributed by atoms with van der Waals surface area (Å²) in [6.45, 7) is 5.02. The number of nitrogens with zero attached hydrogens (tertiary/aromatic N) is 4. The van der Waals surface area contributed by atoms with Gasteiger partial charge in [0, 0.05) is 18.9 Å². The maximum Gasteiger partial charge on any atom is 0.328 e. The van der Waals surface area contributed by atoms with Gasteiger partial charge in [-0.15, -0.1) is 0 Å². The van der Waals surface area contributed by atoms with Crippen molar-refractivity contribution in [3.05, 3.63) is 24.2 Å². The van der Waals surface area contributed by atoms with Crippen molar-refractivity contribution in [2.75, 3.05) is 18.1 Å². The fourth-order valence-electron chi connectivity index (χ4n) is 2.92. The van der Waals surface area contributed by atoms with Crippen molar-refractivity contribution in [3.63, 3.8) is 0 Å². The fraction of sp³-hybridized carbons (Fsp3) is 0.533. The molecule has 0 N–H and O–H groups in total. The van der Waals surface area contributed by atoms with Crippen molar-refractivity contribution in [2.45, 2.75) is 39.2 Å². The molecule has 2 aromatic rings. The fourth-order valence-corrected chi connectivity index (χ4v) is 2.92. The first kappa shape index (κ1) is 13.9. The van der Waals surface area contributed by atoms with Crippen LogP contribution in [0.4, 0.5) is 5.82 Å². The third kappa shape index (κ3) is 2.57. The molecule has 6 nitrogen and oxygen atoms in total. The van der Waals surface area contributed by atoms with E-state index in [4.69, 9.17) is 4.74 Å². The van der Waals surface area contributed by atoms with Crippen molar-refractivity contribution < 1.29 is 9.53 Å². The second-order valence-electron chi connectivity index (χ2n) is 5.32. The Morgan fingerprint density at radius 1 is 1.48 bits per heavy atom. The van der Waals surface area contributed by atoms with Crippen LogP contribution in [-0.2, 0) is 9.53 Å². The molecule has 0 radical (unpaired) electrons. The molecule has 2 aromatic heterocycles. The van der Waals surface area contributed by atoms with Crippen LogP contribution in [0.3, 0.4) is 0 Å². The number of fused-ring (bicyclic) bond motifs is 1. The minimum Gasteiger partial charge on any atom is -0.464 e. The summed E-state index contributed by atoms with van der Waals surface area (Å²) in [5, 5.41) is 4.41. The normalized spacial score (nSPS) is 19.0. The van der Waals surface area contributed by atoms with Gasteiger partial charge < -0.3 is 9.64 Å². The summed E-state index contributed by atoms with van der Waals surface area (Å²) >= 11 is 0. The molecule has 1 aliphatic heterocycles. The molecular formula is C15H20N4O2. The summed E-state index contributed by atoms with van der Waals surface area (Å²) in [7, 11) is 0. The van der Waals surface area contributed by atoms with Crippen LogP contribution in [0.15, 0.2) is 18.5 Å². The van der Waals surface area contributed by atoms with E-state index in [0.29, 0.717) is 6.61 Å². The molecule has 21 heavy (non-hydrogen) atoms. The van der Waals surface area contributed by atoms with Crippen LogP contribution in [0.1, 0.15) is 31.9 Å². The highest BCUT2D eigenvalue weighted by molar-refractivity contribution is 5.82. The number of rotatable bonds is 3. The minimum absolute atomic E-state index is 0.155. The van der Waals surface area contributed by atoms with Crippen LogP contribution in [0.5, 0.6) is 0 Å². The molecule has 1 atom stereocenters. The van der Waals surface area contributed by atoms with Gasteiger partial charge in [-0.05, 0) is 39.2 Å². The summed E-state index contributed by atoms with van der Waals surface area (Å²) in [6.07, 6.45) is 6.47. The van der Waals surface area contributed by atoms with E-state index in [1.54, 1.807) is 6.20 Å². The van der Waals surface area contributed by atoms with Crippen molar-refractivity contribution in [1.82, 2.24) is 14.6 Å². The van der Waals surface area contributed by atoms with Crippen LogP contribution in [0, 0.1) is 6.92 Å². The summed E-state index contributed by atoms with van der Waals surface area (Å²) in [4.78, 5) is 18.8. The molecule has 1 fully saturated rings. The number of anilines is 1. The topological polar surface area (TPSA) is 59.7 Å². The highest BCUT2D eigenvalue weighted by Gasteiger charge is 2.31. The second kappa shape index (κ2) is 5.71. The molecule has 1 unspecified atom stereocenters. The Hall–Kier alpha value is -2.11. The highest BCUT2D eigenvalue weighted by Crippen LogP contribution is 2.27. The van der Waals surface area contributed by atoms with Gasteiger partial charge in [0.2, 0.25) is 0 Å². The molecule has 6 heteroatoms. The first-order valence-corrected chi connectivity index (χ1v) is 7.45. The van der Waals surface area contributed by atoms with E-state index in [0.717, 1.165) is 42.8 Å². The molecular weight excluding hydrogens is 268 g/mol. The quantitative estimate of drug-likeness (QED) is 0.808. The molecule has 3 heterocycles. The Morgan fingerprint density at radius 2 is 2.33 bits per heavy atom. The molecule has 0 saturated carbocycles. The zero-order valence-electron chi connectivity index (χ0n) is 12.5. The minimum atomic E-state index is -0.243. The monoisotopic (exact) mass is 288 g/mol. The third-order valence-electron chi connectivity index (χ3n) is 3.83. The standard InChI is InChI=1S/C15H20N4O2/c1-3-21-15(20)12-6-4-5-8-18(12)14-13-10-11(2)17-19(13)9-7-16-14/h7,9-10,12H,3-6,8H2,1-2H3. The first-order valence-electron chi connectivity index (χ1n) is 7.45. The molecule has 1 aliphatic rings. The number of piperidine rings is 1. The van der Waals surface area contributed by atoms with Gasteiger partial charge >= 0.3 is 5.97 Å². The predicted molar refractivity (Wildman–Crippen MR) is 79.3 cm³/mol. The predicted octanol–water partition coefficient (Wildman–Crippen LogP) is 1.96. The summed E-state index contributed by atoms with van der Waals surface area (Å²) in [5.74, 6) is 0.660. The van der Waals surface area contributed by atoms with Crippen molar-refractivity contribution >= 4 is 17.3 Å². The van der Waals surface area contributed by atoms with Gasteiger partial charge in [0.15, 0.2) is 5.82 Å². The van der Waals surface area contributed by atoms with E-state index in [1.165, 1.54) is 0 Å². The number of carbonyl (C=O) groups is 1. The maximum absolute atomic E-state index is 12.2. The van der Waals surface area contributed by atoms with E-state index in [9.17, 15) is 4.79 Å². The number of aryl methyl sites for hydroxylation is 1. The van der Waals surface area contributed by atoms with E-state index in [2.05, 4.69) is 15.0 Å². The lowest BCUT2D eigenvalue weighted by Gasteiger charge is -2.35. The number of carbonyl (C=O) groups excluding carboxylic acids is 1. The van der Waals surface area contributed by atoms with Crippen molar-refractivity contribution in [2.24, 2.45) is 0 Å². The lowest BCUT2D eigenvalue weighted by molar-refractivity contribution is -0.145. The smallest absolute Gasteiger partial charge is 0.328 e. The zero-order valence-corrected chi connectivity index (χ0v) is 12.5. The number of esters is 1. The van der Waals surface area contributed by atoms with Gasteiger partial charge in [-0.1, -0.05) is 0 Å². The highest BCUT2D eigenvalue weighted by atomic mass is 16.5. The molecule has 1 saturated heterocycles. The number of aromatic nitrogens is 3. The van der Waals surface area contributed by atoms with Gasteiger partial charge in [0.25, 0.3) is 0 Å². The molecule has 0 amide bonds. The van der Waals surface area contributed by atoms with E-state index in [1.807, 2.05) is 30.6 Å². The number of hydrogen-bond donors (Lipinski definition) is 0. The van der Waals surface area contributed by atoms with Crippen LogP contribution in [-0.4, -0.2) is 39.8 Å². The summed E-state index contributed by atoms with van der Waals surface area (Å²) in [5.41, 5.74) is 1.88. The lowest BCUT2D eigenvalue weighted by Crippen LogP contribution is -2.46. The van der Waals surface area contributed by atoms with Crippen LogP contribution >= 0.6 is 0 Å². The SMILES string of the molecule is CCOC(=O)C1CCCCN1c1nccn2nc(C)cc12. The van der Waals surface area contributed by atoms with E-state index in [-0.39, 0.29) is 12.0 Å². The Kier molecular flexibility index (Phi) is 3.77. The van der Waals surface area contributed by atoms with Gasteiger partial charge in [-0.3, -0.25) is 0 Å².